The van der Waals surface area contributed by atoms with Crippen LogP contribution in [0.3, 0.4) is 0 Å². The van der Waals surface area contributed by atoms with E-state index in [4.69, 9.17) is 10.3 Å². The summed E-state index contributed by atoms with van der Waals surface area (Å²) in [5.74, 6) is 2.12. The van der Waals surface area contributed by atoms with E-state index in [0.717, 1.165) is 24.6 Å². The molecule has 0 aliphatic heterocycles. The van der Waals surface area contributed by atoms with Crippen LogP contribution >= 0.6 is 0 Å². The molecule has 0 bridgehead atoms. The minimum absolute atomic E-state index is 0.177. The average molecular weight is 265 g/mol. The van der Waals surface area contributed by atoms with E-state index in [1.165, 1.54) is 25.7 Å². The molecule has 2 N–H and O–H groups in total. The first-order chi connectivity index (χ1) is 8.75. The predicted octanol–water partition coefficient (Wildman–Crippen LogP) is 3.42. The van der Waals surface area contributed by atoms with E-state index in [2.05, 4.69) is 24.0 Å². The summed E-state index contributed by atoms with van der Waals surface area (Å²) in [7, 11) is 0. The van der Waals surface area contributed by atoms with Crippen molar-refractivity contribution in [3.05, 3.63) is 11.7 Å². The molecule has 19 heavy (non-hydrogen) atoms. The Morgan fingerprint density at radius 1 is 1.32 bits per heavy atom. The van der Waals surface area contributed by atoms with Gasteiger partial charge in [0, 0.05) is 17.9 Å². The van der Waals surface area contributed by atoms with Gasteiger partial charge >= 0.3 is 0 Å². The van der Waals surface area contributed by atoms with Crippen molar-refractivity contribution in [3.8, 4) is 0 Å². The van der Waals surface area contributed by atoms with Crippen LogP contribution in [0, 0.1) is 5.41 Å². The lowest BCUT2D eigenvalue weighted by Gasteiger charge is -2.32. The molecule has 0 atom stereocenters. The number of nitrogens with two attached hydrogens (primary N) is 1. The molecule has 1 heterocycles. The average Bonchev–Trinajstić information content (AvgIpc) is 2.74. The summed E-state index contributed by atoms with van der Waals surface area (Å²) in [6, 6.07) is 0. The summed E-state index contributed by atoms with van der Waals surface area (Å²) >= 11 is 0. The van der Waals surface area contributed by atoms with Gasteiger partial charge in [-0.25, -0.2) is 0 Å². The molecular weight excluding hydrogens is 238 g/mol. The van der Waals surface area contributed by atoms with Gasteiger partial charge in [-0.3, -0.25) is 0 Å². The Labute approximate surface area is 116 Å². The van der Waals surface area contributed by atoms with Gasteiger partial charge < -0.3 is 10.3 Å². The van der Waals surface area contributed by atoms with Gasteiger partial charge in [-0.1, -0.05) is 19.0 Å². The number of aryl methyl sites for hydroxylation is 1. The zero-order chi connectivity index (χ0) is 14.1. The molecule has 4 nitrogen and oxygen atoms in total. The minimum Gasteiger partial charge on any atom is -0.339 e. The molecule has 4 heteroatoms. The van der Waals surface area contributed by atoms with E-state index in [0.29, 0.717) is 11.3 Å². The fourth-order valence-corrected chi connectivity index (χ4v) is 2.62. The molecule has 108 valence electrons. The van der Waals surface area contributed by atoms with E-state index >= 15 is 0 Å². The third kappa shape index (κ3) is 4.30. The maximum absolute atomic E-state index is 5.97. The zero-order valence-electron chi connectivity index (χ0n) is 12.7. The second kappa shape index (κ2) is 5.23. The Hall–Kier alpha value is -0.900. The van der Waals surface area contributed by atoms with Crippen LogP contribution < -0.4 is 5.73 Å². The monoisotopic (exact) mass is 265 g/mol. The van der Waals surface area contributed by atoms with E-state index < -0.39 is 0 Å². The van der Waals surface area contributed by atoms with Crippen LogP contribution in [-0.4, -0.2) is 15.7 Å². The van der Waals surface area contributed by atoms with Crippen LogP contribution in [0.2, 0.25) is 0 Å². The molecule has 0 aromatic carbocycles. The van der Waals surface area contributed by atoms with Crippen molar-refractivity contribution in [3.63, 3.8) is 0 Å². The van der Waals surface area contributed by atoms with Crippen LogP contribution in [0.4, 0.5) is 0 Å². The van der Waals surface area contributed by atoms with Gasteiger partial charge in [0.15, 0.2) is 5.82 Å². The van der Waals surface area contributed by atoms with Crippen LogP contribution in [0.5, 0.6) is 0 Å². The Kier molecular flexibility index (Phi) is 4.00. The van der Waals surface area contributed by atoms with E-state index in [1.54, 1.807) is 0 Å². The van der Waals surface area contributed by atoms with E-state index in [-0.39, 0.29) is 5.54 Å². The minimum atomic E-state index is -0.177. The summed E-state index contributed by atoms with van der Waals surface area (Å²) in [5, 5.41) is 4.16. The highest BCUT2D eigenvalue weighted by Gasteiger charge is 2.30. The Balaban J connectivity index is 1.91. The lowest BCUT2D eigenvalue weighted by Crippen LogP contribution is -2.32. The molecule has 1 aliphatic carbocycles. The van der Waals surface area contributed by atoms with Crippen molar-refractivity contribution < 1.29 is 4.52 Å². The van der Waals surface area contributed by atoms with Crippen molar-refractivity contribution in [2.24, 2.45) is 11.1 Å². The Morgan fingerprint density at radius 2 is 1.95 bits per heavy atom. The maximum Gasteiger partial charge on any atom is 0.226 e. The second-order valence-electron chi connectivity index (χ2n) is 7.47. The lowest BCUT2D eigenvalue weighted by atomic mass is 9.73. The highest BCUT2D eigenvalue weighted by molar-refractivity contribution is 4.99. The molecule has 2 rings (SSSR count). The summed E-state index contributed by atoms with van der Waals surface area (Å²) in [5.41, 5.74) is 6.27. The van der Waals surface area contributed by atoms with Gasteiger partial charge in [-0.2, -0.15) is 4.98 Å². The van der Waals surface area contributed by atoms with Crippen molar-refractivity contribution in [1.82, 2.24) is 10.1 Å². The van der Waals surface area contributed by atoms with E-state index in [9.17, 15) is 0 Å². The van der Waals surface area contributed by atoms with Crippen LogP contribution in [0.25, 0.3) is 0 Å². The molecule has 1 aromatic rings. The molecule has 0 saturated heterocycles. The third-order valence-corrected chi connectivity index (χ3v) is 4.17. The molecule has 0 spiro atoms. The third-order valence-electron chi connectivity index (χ3n) is 4.17. The normalized spacial score (nSPS) is 20.7. The SMILES string of the molecule is CC(C)(N)CCc1nc(C2CCC(C)(C)CC2)no1. The van der Waals surface area contributed by atoms with Gasteiger partial charge in [-0.05, 0) is 51.4 Å². The fraction of sp³-hybridized carbons (Fsp3) is 0.867. The van der Waals surface area contributed by atoms with Gasteiger partial charge in [-0.15, -0.1) is 0 Å². The number of nitrogens with zero attached hydrogens (tertiary/aromatic N) is 2. The molecule has 0 amide bonds. The molecule has 1 fully saturated rings. The van der Waals surface area contributed by atoms with Gasteiger partial charge in [0.05, 0.1) is 0 Å². The first kappa shape index (κ1) is 14.5. The van der Waals surface area contributed by atoms with Crippen molar-refractivity contribution in [1.29, 1.82) is 0 Å². The number of hydrogen-bond acceptors (Lipinski definition) is 4. The van der Waals surface area contributed by atoms with Crippen molar-refractivity contribution >= 4 is 0 Å². The van der Waals surface area contributed by atoms with Crippen molar-refractivity contribution in [2.45, 2.75) is 77.7 Å². The topological polar surface area (TPSA) is 64.9 Å². The molecule has 1 aromatic heterocycles. The number of rotatable bonds is 4. The molecule has 0 unspecified atom stereocenters. The smallest absolute Gasteiger partial charge is 0.226 e. The van der Waals surface area contributed by atoms with Crippen molar-refractivity contribution in [2.75, 3.05) is 0 Å². The Bertz CT molecular complexity index is 407. The van der Waals surface area contributed by atoms with Crippen LogP contribution in [-0.2, 0) is 6.42 Å². The van der Waals surface area contributed by atoms with Crippen LogP contribution in [0.15, 0.2) is 4.52 Å². The summed E-state index contributed by atoms with van der Waals surface area (Å²) in [6.45, 7) is 8.73. The maximum atomic E-state index is 5.97. The molecule has 1 aliphatic rings. The molecule has 1 saturated carbocycles. The standard InChI is InChI=1S/C15H27N3O/c1-14(2)8-5-11(6-9-14)13-17-12(19-18-13)7-10-15(3,4)16/h11H,5-10,16H2,1-4H3. The largest absolute Gasteiger partial charge is 0.339 e. The summed E-state index contributed by atoms with van der Waals surface area (Å²) in [6.07, 6.45) is 6.48. The highest BCUT2D eigenvalue weighted by atomic mass is 16.5. The fourth-order valence-electron chi connectivity index (χ4n) is 2.62. The van der Waals surface area contributed by atoms with Gasteiger partial charge in [0.2, 0.25) is 5.89 Å². The molecular formula is C15H27N3O. The second-order valence-corrected chi connectivity index (χ2v) is 7.47. The van der Waals surface area contributed by atoms with Crippen LogP contribution in [0.1, 0.15) is 77.4 Å². The number of aromatic nitrogens is 2. The predicted molar refractivity (Wildman–Crippen MR) is 75.9 cm³/mol. The summed E-state index contributed by atoms with van der Waals surface area (Å²) in [4.78, 5) is 4.55. The first-order valence-electron chi connectivity index (χ1n) is 7.37. The highest BCUT2D eigenvalue weighted by Crippen LogP contribution is 2.41. The summed E-state index contributed by atoms with van der Waals surface area (Å²) < 4.78 is 5.35. The molecule has 0 radical (unpaired) electrons. The number of hydrogen-bond donors (Lipinski definition) is 1. The zero-order valence-corrected chi connectivity index (χ0v) is 12.7. The quantitative estimate of drug-likeness (QED) is 0.906. The lowest BCUT2D eigenvalue weighted by molar-refractivity contribution is 0.218. The van der Waals surface area contributed by atoms with E-state index in [1.807, 2.05) is 13.8 Å². The Morgan fingerprint density at radius 3 is 2.53 bits per heavy atom. The first-order valence-corrected chi connectivity index (χ1v) is 7.37. The van der Waals surface area contributed by atoms with Gasteiger partial charge in [0.1, 0.15) is 0 Å². The van der Waals surface area contributed by atoms with Gasteiger partial charge in [0.25, 0.3) is 0 Å².